The van der Waals surface area contributed by atoms with Crippen LogP contribution in [0.4, 0.5) is 5.69 Å². The number of sulfonamides is 1. The average molecular weight is 431 g/mol. The zero-order valence-corrected chi connectivity index (χ0v) is 17.8. The van der Waals surface area contributed by atoms with Gasteiger partial charge in [0.2, 0.25) is 15.9 Å². The highest BCUT2D eigenvalue weighted by Crippen LogP contribution is 2.19. The van der Waals surface area contributed by atoms with Crippen LogP contribution in [0.5, 0.6) is 0 Å². The van der Waals surface area contributed by atoms with E-state index in [1.807, 2.05) is 41.1 Å². The van der Waals surface area contributed by atoms with Crippen LogP contribution in [-0.4, -0.2) is 48.0 Å². The van der Waals surface area contributed by atoms with Crippen LogP contribution in [0.2, 0.25) is 0 Å². The van der Waals surface area contributed by atoms with Crippen LogP contribution in [0.3, 0.4) is 0 Å². The molecule has 0 aliphatic rings. The lowest BCUT2D eigenvalue weighted by Crippen LogP contribution is -2.22. The summed E-state index contributed by atoms with van der Waals surface area (Å²) in [5, 5.41) is 3.54. The second-order valence-electron chi connectivity index (χ2n) is 6.47. The maximum Gasteiger partial charge on any atom is 0.242 e. The highest BCUT2D eigenvalue weighted by Gasteiger charge is 2.17. The van der Waals surface area contributed by atoms with Gasteiger partial charge in [0.1, 0.15) is 0 Å². The Balaban J connectivity index is 1.57. The summed E-state index contributed by atoms with van der Waals surface area (Å²) in [6, 6.07) is 16.1. The Morgan fingerprint density at radius 1 is 1.10 bits per heavy atom. The normalized spacial score (nSPS) is 11.6. The molecule has 1 amide bonds. The number of hydrogen-bond acceptors (Lipinski definition) is 5. The maximum atomic E-state index is 12.3. The number of rotatable bonds is 8. The first kappa shape index (κ1) is 21.1. The number of carbonyl (C=O) groups excluding carboxylic acids is 1. The minimum Gasteiger partial charge on any atom is -0.325 e. The van der Waals surface area contributed by atoms with Gasteiger partial charge in [0.25, 0.3) is 0 Å². The molecule has 1 heterocycles. The molecule has 0 saturated carbocycles. The van der Waals surface area contributed by atoms with E-state index in [0.29, 0.717) is 12.2 Å². The molecule has 152 valence electrons. The van der Waals surface area contributed by atoms with Crippen molar-refractivity contribution in [2.24, 2.45) is 0 Å². The van der Waals surface area contributed by atoms with E-state index in [4.69, 9.17) is 0 Å². The third kappa shape index (κ3) is 5.47. The number of nitrogens with one attached hydrogen (secondary N) is 1. The van der Waals surface area contributed by atoms with Gasteiger partial charge in [-0.25, -0.2) is 17.7 Å². The molecular formula is C20H22N4O3S2. The molecule has 0 spiro atoms. The molecule has 0 aliphatic carbocycles. The Bertz CT molecular complexity index is 1060. The zero-order chi connectivity index (χ0) is 20.9. The van der Waals surface area contributed by atoms with E-state index in [1.54, 1.807) is 18.3 Å². The van der Waals surface area contributed by atoms with Crippen LogP contribution in [-0.2, 0) is 21.4 Å². The van der Waals surface area contributed by atoms with Gasteiger partial charge in [-0.1, -0.05) is 42.1 Å². The van der Waals surface area contributed by atoms with E-state index in [1.165, 1.54) is 38.0 Å². The average Bonchev–Trinajstić information content (AvgIpc) is 3.14. The lowest BCUT2D eigenvalue weighted by Gasteiger charge is -2.12. The lowest BCUT2D eigenvalue weighted by molar-refractivity contribution is -0.113. The van der Waals surface area contributed by atoms with E-state index < -0.39 is 10.0 Å². The number of hydrogen-bond donors (Lipinski definition) is 1. The summed E-state index contributed by atoms with van der Waals surface area (Å²) < 4.78 is 27.3. The van der Waals surface area contributed by atoms with Crippen LogP contribution < -0.4 is 5.32 Å². The van der Waals surface area contributed by atoms with Gasteiger partial charge < -0.3 is 9.88 Å². The second kappa shape index (κ2) is 9.25. The van der Waals surface area contributed by atoms with Gasteiger partial charge in [0.05, 0.1) is 10.6 Å². The van der Waals surface area contributed by atoms with E-state index in [0.717, 1.165) is 15.0 Å². The van der Waals surface area contributed by atoms with Crippen molar-refractivity contribution in [3.8, 4) is 0 Å². The minimum atomic E-state index is -3.49. The van der Waals surface area contributed by atoms with Crippen molar-refractivity contribution in [2.45, 2.75) is 16.6 Å². The van der Waals surface area contributed by atoms with Crippen LogP contribution in [0.15, 0.2) is 77.0 Å². The predicted molar refractivity (Wildman–Crippen MR) is 114 cm³/mol. The van der Waals surface area contributed by atoms with E-state index >= 15 is 0 Å². The smallest absolute Gasteiger partial charge is 0.242 e. The van der Waals surface area contributed by atoms with Gasteiger partial charge in [-0.15, -0.1) is 0 Å². The molecule has 0 aliphatic heterocycles. The summed E-state index contributed by atoms with van der Waals surface area (Å²) in [7, 11) is -0.535. The largest absolute Gasteiger partial charge is 0.325 e. The van der Waals surface area contributed by atoms with Crippen molar-refractivity contribution in [3.05, 3.63) is 72.6 Å². The topological polar surface area (TPSA) is 84.3 Å². The first-order valence-corrected chi connectivity index (χ1v) is 11.3. The predicted octanol–water partition coefficient (Wildman–Crippen LogP) is 2.91. The third-order valence-corrected chi connectivity index (χ3v) is 6.96. The summed E-state index contributed by atoms with van der Waals surface area (Å²) in [5.41, 5.74) is 1.70. The molecule has 0 saturated heterocycles. The van der Waals surface area contributed by atoms with Crippen molar-refractivity contribution in [1.29, 1.82) is 0 Å². The van der Waals surface area contributed by atoms with E-state index in [9.17, 15) is 13.2 Å². The fourth-order valence-corrected chi connectivity index (χ4v) is 4.24. The summed E-state index contributed by atoms with van der Waals surface area (Å²) in [4.78, 5) is 16.8. The van der Waals surface area contributed by atoms with Gasteiger partial charge in [-0.05, 0) is 29.8 Å². The fourth-order valence-electron chi connectivity index (χ4n) is 2.58. The molecule has 0 fully saturated rings. The number of aromatic nitrogens is 2. The summed E-state index contributed by atoms with van der Waals surface area (Å²) in [5.74, 6) is 0.0104. The van der Waals surface area contributed by atoms with Gasteiger partial charge >= 0.3 is 0 Å². The molecule has 9 heteroatoms. The number of thioether (sulfide) groups is 1. The molecular weight excluding hydrogens is 408 g/mol. The first-order chi connectivity index (χ1) is 13.9. The number of amides is 1. The van der Waals surface area contributed by atoms with Gasteiger partial charge in [0.15, 0.2) is 5.16 Å². The Hall–Kier alpha value is -2.62. The van der Waals surface area contributed by atoms with Crippen LogP contribution >= 0.6 is 11.8 Å². The molecule has 2 aromatic carbocycles. The number of benzene rings is 2. The fraction of sp³-hybridized carbons (Fsp3) is 0.200. The zero-order valence-electron chi connectivity index (χ0n) is 16.1. The Morgan fingerprint density at radius 3 is 2.45 bits per heavy atom. The highest BCUT2D eigenvalue weighted by atomic mass is 32.2. The molecule has 0 radical (unpaired) electrons. The number of imidazole rings is 1. The van der Waals surface area contributed by atoms with Crippen molar-refractivity contribution < 1.29 is 13.2 Å². The monoisotopic (exact) mass is 430 g/mol. The molecule has 1 N–H and O–H groups in total. The standard InChI is InChI=1S/C20H22N4O3S2/c1-23(2)29(26,27)18-10-8-17(9-11-18)22-19(25)15-28-20-21-12-13-24(20)14-16-6-4-3-5-7-16/h3-13H,14-15H2,1-2H3,(H,22,25). The summed E-state index contributed by atoms with van der Waals surface area (Å²) in [6.07, 6.45) is 3.60. The molecule has 3 rings (SSSR count). The number of nitrogens with zero attached hydrogens (tertiary/aromatic N) is 3. The molecule has 0 unspecified atom stereocenters. The Morgan fingerprint density at radius 2 is 1.79 bits per heavy atom. The molecule has 0 atom stereocenters. The van der Waals surface area contributed by atoms with E-state index in [2.05, 4.69) is 10.3 Å². The minimum absolute atomic E-state index is 0.179. The van der Waals surface area contributed by atoms with Gasteiger partial charge in [-0.3, -0.25) is 4.79 Å². The maximum absolute atomic E-state index is 12.3. The molecule has 0 bridgehead atoms. The SMILES string of the molecule is CN(C)S(=O)(=O)c1ccc(NC(=O)CSc2nccn2Cc2ccccc2)cc1. The lowest BCUT2D eigenvalue weighted by atomic mass is 10.2. The van der Waals surface area contributed by atoms with Crippen molar-refractivity contribution in [2.75, 3.05) is 25.2 Å². The number of anilines is 1. The van der Waals surface area contributed by atoms with Crippen molar-refractivity contribution >= 4 is 33.4 Å². The van der Waals surface area contributed by atoms with Gasteiger partial charge in [-0.2, -0.15) is 0 Å². The molecule has 7 nitrogen and oxygen atoms in total. The van der Waals surface area contributed by atoms with Crippen molar-refractivity contribution in [3.63, 3.8) is 0 Å². The molecule has 29 heavy (non-hydrogen) atoms. The Kier molecular flexibility index (Phi) is 6.73. The van der Waals surface area contributed by atoms with Crippen LogP contribution in [0, 0.1) is 0 Å². The number of carbonyl (C=O) groups is 1. The second-order valence-corrected chi connectivity index (χ2v) is 9.57. The third-order valence-electron chi connectivity index (χ3n) is 4.12. The molecule has 1 aromatic heterocycles. The summed E-state index contributed by atoms with van der Waals surface area (Å²) >= 11 is 1.35. The van der Waals surface area contributed by atoms with Crippen LogP contribution in [0.25, 0.3) is 0 Å². The first-order valence-electron chi connectivity index (χ1n) is 8.86. The molecule has 3 aromatic rings. The van der Waals surface area contributed by atoms with Crippen molar-refractivity contribution in [1.82, 2.24) is 13.9 Å². The highest BCUT2D eigenvalue weighted by molar-refractivity contribution is 7.99. The van der Waals surface area contributed by atoms with Gasteiger partial charge in [0, 0.05) is 38.7 Å². The van der Waals surface area contributed by atoms with Crippen LogP contribution in [0.1, 0.15) is 5.56 Å². The van der Waals surface area contributed by atoms with E-state index in [-0.39, 0.29) is 16.6 Å². The Labute approximate surface area is 174 Å². The quantitative estimate of drug-likeness (QED) is 0.556. The summed E-state index contributed by atoms with van der Waals surface area (Å²) in [6.45, 7) is 0.687.